The van der Waals surface area contributed by atoms with Crippen LogP contribution in [-0.4, -0.2) is 30.1 Å². The first kappa shape index (κ1) is 11.9. The highest BCUT2D eigenvalue weighted by atomic mass is 16.2. The molecule has 16 heavy (non-hydrogen) atoms. The minimum atomic E-state index is 0.105. The molecule has 0 aromatic rings. The van der Waals surface area contributed by atoms with Crippen molar-refractivity contribution in [3.63, 3.8) is 0 Å². The molecule has 3 heteroatoms. The van der Waals surface area contributed by atoms with Gasteiger partial charge in [-0.3, -0.25) is 10.1 Å². The van der Waals surface area contributed by atoms with Crippen LogP contribution in [0.3, 0.4) is 0 Å². The maximum Gasteiger partial charge on any atom is 0.240 e. The normalized spacial score (nSPS) is 26.9. The Morgan fingerprint density at radius 1 is 1.31 bits per heavy atom. The van der Waals surface area contributed by atoms with Gasteiger partial charge in [0.05, 0.1) is 12.7 Å². The third-order valence-electron chi connectivity index (χ3n) is 4.00. The van der Waals surface area contributed by atoms with E-state index in [4.69, 9.17) is 0 Å². The molecule has 2 fully saturated rings. The molecule has 1 saturated carbocycles. The first-order valence-corrected chi connectivity index (χ1v) is 6.83. The van der Waals surface area contributed by atoms with Gasteiger partial charge in [-0.15, -0.1) is 0 Å². The number of nitrogens with one attached hydrogen (secondary N) is 1. The Kier molecular flexibility index (Phi) is 4.22. The Morgan fingerprint density at radius 3 is 2.75 bits per heavy atom. The van der Waals surface area contributed by atoms with Crippen LogP contribution < -0.4 is 5.32 Å². The lowest BCUT2D eigenvalue weighted by molar-refractivity contribution is -0.129. The molecular formula is C13H24N2O. The van der Waals surface area contributed by atoms with Gasteiger partial charge in [-0.1, -0.05) is 39.0 Å². The molecule has 1 amide bonds. The monoisotopic (exact) mass is 224 g/mol. The van der Waals surface area contributed by atoms with Crippen molar-refractivity contribution >= 4 is 5.91 Å². The van der Waals surface area contributed by atoms with E-state index in [9.17, 15) is 4.79 Å². The fourth-order valence-corrected chi connectivity index (χ4v) is 2.95. The van der Waals surface area contributed by atoms with E-state index in [1.165, 1.54) is 32.1 Å². The van der Waals surface area contributed by atoms with Gasteiger partial charge in [-0.05, 0) is 18.8 Å². The van der Waals surface area contributed by atoms with Gasteiger partial charge in [0.15, 0.2) is 0 Å². The standard InChI is InChI=1S/C13H24N2O/c1-2-5-12-13(16)15(10-14-12)9-8-11-6-3-4-7-11/h11-12,14H,2-10H2,1H3. The van der Waals surface area contributed by atoms with E-state index in [1.807, 2.05) is 4.90 Å². The van der Waals surface area contributed by atoms with Crippen LogP contribution in [0.2, 0.25) is 0 Å². The number of carbonyl (C=O) groups excluding carboxylic acids is 1. The summed E-state index contributed by atoms with van der Waals surface area (Å²) in [6, 6.07) is 0.105. The minimum absolute atomic E-state index is 0.105. The van der Waals surface area contributed by atoms with E-state index in [-0.39, 0.29) is 6.04 Å². The summed E-state index contributed by atoms with van der Waals surface area (Å²) in [5, 5.41) is 3.31. The first-order valence-electron chi connectivity index (χ1n) is 6.83. The van der Waals surface area contributed by atoms with Gasteiger partial charge in [0.1, 0.15) is 0 Å². The van der Waals surface area contributed by atoms with Crippen molar-refractivity contribution in [2.24, 2.45) is 5.92 Å². The molecular weight excluding hydrogens is 200 g/mol. The predicted molar refractivity (Wildman–Crippen MR) is 65.0 cm³/mol. The number of hydrogen-bond acceptors (Lipinski definition) is 2. The van der Waals surface area contributed by atoms with E-state index >= 15 is 0 Å². The number of nitrogens with zero attached hydrogens (tertiary/aromatic N) is 1. The zero-order valence-electron chi connectivity index (χ0n) is 10.4. The molecule has 1 heterocycles. The molecule has 1 atom stereocenters. The van der Waals surface area contributed by atoms with E-state index in [1.54, 1.807) is 0 Å². The summed E-state index contributed by atoms with van der Waals surface area (Å²) in [6.45, 7) is 3.88. The smallest absolute Gasteiger partial charge is 0.240 e. The van der Waals surface area contributed by atoms with Gasteiger partial charge >= 0.3 is 0 Å². The van der Waals surface area contributed by atoms with Crippen LogP contribution in [-0.2, 0) is 4.79 Å². The molecule has 2 aliphatic rings. The summed E-state index contributed by atoms with van der Waals surface area (Å²) in [4.78, 5) is 14.0. The molecule has 0 spiro atoms. The SMILES string of the molecule is CCCC1NCN(CCC2CCCC2)C1=O. The molecule has 0 bridgehead atoms. The Balaban J connectivity index is 1.72. The summed E-state index contributed by atoms with van der Waals surface area (Å²) in [5.74, 6) is 1.22. The Hall–Kier alpha value is -0.570. The highest BCUT2D eigenvalue weighted by molar-refractivity contribution is 5.83. The topological polar surface area (TPSA) is 32.3 Å². The molecule has 1 aliphatic heterocycles. The fourth-order valence-electron chi connectivity index (χ4n) is 2.95. The van der Waals surface area contributed by atoms with Crippen LogP contribution in [0.5, 0.6) is 0 Å². The molecule has 3 nitrogen and oxygen atoms in total. The molecule has 1 aliphatic carbocycles. The zero-order valence-corrected chi connectivity index (χ0v) is 10.4. The van der Waals surface area contributed by atoms with Crippen LogP contribution in [0.4, 0.5) is 0 Å². The third-order valence-corrected chi connectivity index (χ3v) is 4.00. The van der Waals surface area contributed by atoms with Gasteiger partial charge in [0.2, 0.25) is 5.91 Å². The van der Waals surface area contributed by atoms with Crippen LogP contribution >= 0.6 is 0 Å². The molecule has 1 saturated heterocycles. The van der Waals surface area contributed by atoms with Gasteiger partial charge in [0.25, 0.3) is 0 Å². The Bertz CT molecular complexity index is 236. The summed E-state index contributed by atoms with van der Waals surface area (Å²) < 4.78 is 0. The van der Waals surface area contributed by atoms with Crippen LogP contribution in [0, 0.1) is 5.92 Å². The first-order chi connectivity index (χ1) is 7.81. The predicted octanol–water partition coefficient (Wildman–Crippen LogP) is 2.12. The molecule has 2 rings (SSSR count). The van der Waals surface area contributed by atoms with Gasteiger partial charge < -0.3 is 4.90 Å². The zero-order chi connectivity index (χ0) is 11.4. The van der Waals surface area contributed by atoms with Crippen molar-refractivity contribution in [2.45, 2.75) is 57.9 Å². The summed E-state index contributed by atoms with van der Waals surface area (Å²) in [6.07, 6.45) is 8.84. The van der Waals surface area contributed by atoms with Crippen molar-refractivity contribution in [3.05, 3.63) is 0 Å². The van der Waals surface area contributed by atoms with E-state index in [0.29, 0.717) is 5.91 Å². The molecule has 0 aromatic carbocycles. The average Bonchev–Trinajstić information content (AvgIpc) is 2.89. The van der Waals surface area contributed by atoms with Crippen LogP contribution in [0.25, 0.3) is 0 Å². The van der Waals surface area contributed by atoms with Crippen LogP contribution in [0.15, 0.2) is 0 Å². The molecule has 1 N–H and O–H groups in total. The quantitative estimate of drug-likeness (QED) is 0.776. The maximum atomic E-state index is 12.0. The summed E-state index contributed by atoms with van der Waals surface area (Å²) in [5.41, 5.74) is 0. The minimum Gasteiger partial charge on any atom is -0.329 e. The van der Waals surface area contributed by atoms with Crippen molar-refractivity contribution < 1.29 is 4.79 Å². The number of rotatable bonds is 5. The van der Waals surface area contributed by atoms with Gasteiger partial charge in [-0.2, -0.15) is 0 Å². The lowest BCUT2D eigenvalue weighted by Gasteiger charge is -2.17. The number of carbonyl (C=O) groups is 1. The highest BCUT2D eigenvalue weighted by Gasteiger charge is 2.30. The summed E-state index contributed by atoms with van der Waals surface area (Å²) in [7, 11) is 0. The Labute approximate surface area is 98.6 Å². The molecule has 0 aromatic heterocycles. The maximum absolute atomic E-state index is 12.0. The second kappa shape index (κ2) is 5.67. The largest absolute Gasteiger partial charge is 0.329 e. The van der Waals surface area contributed by atoms with E-state index in [2.05, 4.69) is 12.2 Å². The highest BCUT2D eigenvalue weighted by Crippen LogP contribution is 2.27. The fraction of sp³-hybridized carbons (Fsp3) is 0.923. The molecule has 0 radical (unpaired) electrons. The number of amides is 1. The van der Waals surface area contributed by atoms with Gasteiger partial charge in [-0.25, -0.2) is 0 Å². The van der Waals surface area contributed by atoms with Crippen molar-refractivity contribution in [2.75, 3.05) is 13.2 Å². The lowest BCUT2D eigenvalue weighted by Crippen LogP contribution is -2.31. The van der Waals surface area contributed by atoms with E-state index < -0.39 is 0 Å². The lowest BCUT2D eigenvalue weighted by atomic mass is 10.0. The summed E-state index contributed by atoms with van der Waals surface area (Å²) >= 11 is 0. The molecule has 1 unspecified atom stereocenters. The van der Waals surface area contributed by atoms with Crippen molar-refractivity contribution in [1.29, 1.82) is 0 Å². The second-order valence-corrected chi connectivity index (χ2v) is 5.24. The average molecular weight is 224 g/mol. The number of hydrogen-bond donors (Lipinski definition) is 1. The van der Waals surface area contributed by atoms with E-state index in [0.717, 1.165) is 32.0 Å². The Morgan fingerprint density at radius 2 is 2.06 bits per heavy atom. The van der Waals surface area contributed by atoms with Crippen molar-refractivity contribution in [3.8, 4) is 0 Å². The van der Waals surface area contributed by atoms with Crippen molar-refractivity contribution in [1.82, 2.24) is 10.2 Å². The third kappa shape index (κ3) is 2.76. The van der Waals surface area contributed by atoms with Crippen LogP contribution in [0.1, 0.15) is 51.9 Å². The van der Waals surface area contributed by atoms with Gasteiger partial charge in [0, 0.05) is 6.54 Å². The second-order valence-electron chi connectivity index (χ2n) is 5.24. The molecule has 92 valence electrons.